The molecule has 30 heavy (non-hydrogen) atoms. The highest BCUT2D eigenvalue weighted by Gasteiger charge is 2.22. The van der Waals surface area contributed by atoms with Gasteiger partial charge in [-0.25, -0.2) is 0 Å². The molecule has 6 nitrogen and oxygen atoms in total. The summed E-state index contributed by atoms with van der Waals surface area (Å²) in [5, 5.41) is 4.78. The molecule has 0 fully saturated rings. The molecule has 4 rings (SSSR count). The predicted molar refractivity (Wildman–Crippen MR) is 116 cm³/mol. The molecule has 0 unspecified atom stereocenters. The number of nitrogens with one attached hydrogen (secondary N) is 1. The molecular formula is C23H22N2O4S. The van der Waals surface area contributed by atoms with Crippen LogP contribution in [0, 0.1) is 0 Å². The zero-order valence-corrected chi connectivity index (χ0v) is 17.4. The first kappa shape index (κ1) is 20.0. The zero-order chi connectivity index (χ0) is 20.9. The van der Waals surface area contributed by atoms with Crippen molar-refractivity contribution in [3.8, 4) is 11.5 Å². The first-order valence-corrected chi connectivity index (χ1v) is 10.5. The Balaban J connectivity index is 1.36. The lowest BCUT2D eigenvalue weighted by molar-refractivity contribution is -0.118. The summed E-state index contributed by atoms with van der Waals surface area (Å²) in [6.45, 7) is 1.15. The van der Waals surface area contributed by atoms with Gasteiger partial charge in [0.05, 0.1) is 12.0 Å². The number of nitrogens with zero attached hydrogens (tertiary/aromatic N) is 1. The Kier molecular flexibility index (Phi) is 5.99. The smallest absolute Gasteiger partial charge is 0.264 e. The van der Waals surface area contributed by atoms with Gasteiger partial charge < -0.3 is 19.7 Å². The van der Waals surface area contributed by atoms with Crippen LogP contribution in [0.1, 0.15) is 20.8 Å². The second-order valence-electron chi connectivity index (χ2n) is 6.95. The van der Waals surface area contributed by atoms with Gasteiger partial charge in [0.2, 0.25) is 0 Å². The molecule has 2 aromatic carbocycles. The molecule has 7 heteroatoms. The van der Waals surface area contributed by atoms with Crippen molar-refractivity contribution in [3.63, 3.8) is 0 Å². The number of anilines is 1. The fourth-order valence-corrected chi connectivity index (χ4v) is 4.07. The van der Waals surface area contributed by atoms with Gasteiger partial charge in [-0.3, -0.25) is 9.59 Å². The maximum absolute atomic E-state index is 12.6. The van der Waals surface area contributed by atoms with Gasteiger partial charge in [0.1, 0.15) is 11.5 Å². The topological polar surface area (TPSA) is 67.9 Å². The maximum Gasteiger partial charge on any atom is 0.264 e. The van der Waals surface area contributed by atoms with Gasteiger partial charge in [0.15, 0.2) is 6.61 Å². The lowest BCUT2D eigenvalue weighted by Crippen LogP contribution is -2.35. The molecule has 1 aromatic heterocycles. The lowest BCUT2D eigenvalue weighted by atomic mass is 9.99. The summed E-state index contributed by atoms with van der Waals surface area (Å²) < 4.78 is 10.6. The van der Waals surface area contributed by atoms with Crippen LogP contribution in [0.3, 0.4) is 0 Å². The second-order valence-corrected chi connectivity index (χ2v) is 7.90. The number of ether oxygens (including phenoxy) is 2. The number of methoxy groups -OCH3 is 1. The van der Waals surface area contributed by atoms with Crippen molar-refractivity contribution in [3.05, 3.63) is 76.0 Å². The first-order valence-electron chi connectivity index (χ1n) is 9.63. The van der Waals surface area contributed by atoms with E-state index in [2.05, 4.69) is 5.32 Å². The van der Waals surface area contributed by atoms with Crippen molar-refractivity contribution in [1.29, 1.82) is 0 Å². The Morgan fingerprint density at radius 1 is 1.07 bits per heavy atom. The number of rotatable bonds is 6. The van der Waals surface area contributed by atoms with Crippen LogP contribution >= 0.6 is 11.3 Å². The van der Waals surface area contributed by atoms with Crippen molar-refractivity contribution >= 4 is 28.8 Å². The van der Waals surface area contributed by atoms with Crippen molar-refractivity contribution in [2.24, 2.45) is 0 Å². The van der Waals surface area contributed by atoms with E-state index in [9.17, 15) is 9.59 Å². The Morgan fingerprint density at radius 3 is 2.60 bits per heavy atom. The van der Waals surface area contributed by atoms with Crippen LogP contribution in [0.2, 0.25) is 0 Å². The molecule has 1 aliphatic rings. The minimum atomic E-state index is -0.243. The van der Waals surface area contributed by atoms with Crippen LogP contribution in [0.4, 0.5) is 5.69 Å². The Hall–Kier alpha value is -3.32. The molecule has 0 saturated heterocycles. The van der Waals surface area contributed by atoms with Crippen molar-refractivity contribution in [1.82, 2.24) is 4.90 Å². The summed E-state index contributed by atoms with van der Waals surface area (Å²) in [5.74, 6) is 1.14. The minimum Gasteiger partial charge on any atom is -0.497 e. The van der Waals surface area contributed by atoms with E-state index in [-0.39, 0.29) is 18.4 Å². The molecule has 1 N–H and O–H groups in total. The highest BCUT2D eigenvalue weighted by atomic mass is 32.1. The molecule has 0 saturated carbocycles. The fourth-order valence-electron chi connectivity index (χ4n) is 3.38. The Bertz CT molecular complexity index is 1030. The van der Waals surface area contributed by atoms with Crippen LogP contribution in [0.25, 0.3) is 0 Å². The molecule has 0 radical (unpaired) electrons. The largest absolute Gasteiger partial charge is 0.497 e. The summed E-state index contributed by atoms with van der Waals surface area (Å²) in [4.78, 5) is 27.5. The van der Waals surface area contributed by atoms with Crippen LogP contribution in [-0.4, -0.2) is 37.0 Å². The third kappa shape index (κ3) is 4.63. The normalized spacial score (nSPS) is 12.8. The van der Waals surface area contributed by atoms with Gasteiger partial charge in [-0.15, -0.1) is 11.3 Å². The quantitative estimate of drug-likeness (QED) is 0.653. The predicted octanol–water partition coefficient (Wildman–Crippen LogP) is 3.97. The molecule has 1 aliphatic heterocycles. The fraction of sp³-hybridized carbons (Fsp3) is 0.217. The van der Waals surface area contributed by atoms with Gasteiger partial charge in [-0.2, -0.15) is 0 Å². The highest BCUT2D eigenvalue weighted by Crippen LogP contribution is 2.25. The third-order valence-electron chi connectivity index (χ3n) is 4.95. The number of carbonyl (C=O) groups excluding carboxylic acids is 2. The van der Waals surface area contributed by atoms with E-state index in [1.807, 2.05) is 40.6 Å². The number of hydrogen-bond donors (Lipinski definition) is 1. The van der Waals surface area contributed by atoms with Crippen LogP contribution in [0.15, 0.2) is 60.0 Å². The van der Waals surface area contributed by atoms with Crippen LogP contribution in [-0.2, 0) is 17.8 Å². The third-order valence-corrected chi connectivity index (χ3v) is 5.81. The van der Waals surface area contributed by atoms with E-state index in [4.69, 9.17) is 9.47 Å². The number of benzene rings is 2. The number of hydrogen-bond acceptors (Lipinski definition) is 5. The summed E-state index contributed by atoms with van der Waals surface area (Å²) >= 11 is 1.45. The highest BCUT2D eigenvalue weighted by molar-refractivity contribution is 7.12. The van der Waals surface area contributed by atoms with Gasteiger partial charge in [-0.05, 0) is 65.4 Å². The first-order chi connectivity index (χ1) is 14.6. The number of fused-ring (bicyclic) bond motifs is 1. The molecule has 0 spiro atoms. The van der Waals surface area contributed by atoms with Gasteiger partial charge in [0, 0.05) is 18.8 Å². The average molecular weight is 423 g/mol. The average Bonchev–Trinajstić information content (AvgIpc) is 3.32. The number of amides is 2. The van der Waals surface area contributed by atoms with E-state index in [1.165, 1.54) is 16.9 Å². The van der Waals surface area contributed by atoms with Crippen molar-refractivity contribution in [2.75, 3.05) is 25.6 Å². The second kappa shape index (κ2) is 9.00. The van der Waals surface area contributed by atoms with E-state index >= 15 is 0 Å². The molecular weight excluding hydrogens is 400 g/mol. The standard InChI is InChI=1S/C23H22N2O4S/c1-28-19-6-8-20(9-7-19)29-15-22(26)24-18-5-4-16-10-11-25(14-17(16)13-18)23(27)21-3-2-12-30-21/h2-9,12-13H,10-11,14-15H2,1H3,(H,24,26). The summed E-state index contributed by atoms with van der Waals surface area (Å²) in [6, 6.07) is 16.6. The number of carbonyl (C=O) groups is 2. The molecule has 154 valence electrons. The SMILES string of the molecule is COc1ccc(OCC(=O)Nc2ccc3c(c2)CN(C(=O)c2cccs2)CC3)cc1. The zero-order valence-electron chi connectivity index (χ0n) is 16.6. The van der Waals surface area contributed by atoms with Crippen LogP contribution in [0.5, 0.6) is 11.5 Å². The Labute approximate surface area is 179 Å². The van der Waals surface area contributed by atoms with Gasteiger partial charge >= 0.3 is 0 Å². The van der Waals surface area contributed by atoms with Gasteiger partial charge in [0.25, 0.3) is 11.8 Å². The van der Waals surface area contributed by atoms with E-state index in [0.717, 1.165) is 22.6 Å². The van der Waals surface area contributed by atoms with Crippen LogP contribution < -0.4 is 14.8 Å². The van der Waals surface area contributed by atoms with Crippen molar-refractivity contribution in [2.45, 2.75) is 13.0 Å². The monoisotopic (exact) mass is 422 g/mol. The van der Waals surface area contributed by atoms with E-state index in [1.54, 1.807) is 31.4 Å². The van der Waals surface area contributed by atoms with Gasteiger partial charge in [-0.1, -0.05) is 12.1 Å². The molecule has 3 aromatic rings. The van der Waals surface area contributed by atoms with E-state index < -0.39 is 0 Å². The maximum atomic E-state index is 12.6. The van der Waals surface area contributed by atoms with Crippen molar-refractivity contribution < 1.29 is 19.1 Å². The summed E-state index contributed by atoms with van der Waals surface area (Å²) in [6.07, 6.45) is 0.807. The lowest BCUT2D eigenvalue weighted by Gasteiger charge is -2.29. The van der Waals surface area contributed by atoms with E-state index in [0.29, 0.717) is 24.5 Å². The number of thiophene rings is 1. The summed E-state index contributed by atoms with van der Waals surface area (Å²) in [5.41, 5.74) is 2.96. The minimum absolute atomic E-state index is 0.0537. The molecule has 0 bridgehead atoms. The molecule has 0 aliphatic carbocycles. The summed E-state index contributed by atoms with van der Waals surface area (Å²) in [7, 11) is 1.60. The molecule has 2 heterocycles. The molecule has 0 atom stereocenters. The molecule has 2 amide bonds. The Morgan fingerprint density at radius 2 is 1.87 bits per heavy atom.